The van der Waals surface area contributed by atoms with Crippen LogP contribution in [0.25, 0.3) is 0 Å². The van der Waals surface area contributed by atoms with Crippen LogP contribution in [-0.4, -0.2) is 29.6 Å². The maximum atomic E-state index is 10.5. The highest BCUT2D eigenvalue weighted by molar-refractivity contribution is 6.33. The molecule has 1 aromatic rings. The van der Waals surface area contributed by atoms with Crippen LogP contribution in [0.2, 0.25) is 5.02 Å². The summed E-state index contributed by atoms with van der Waals surface area (Å²) in [7, 11) is 1.68. The average Bonchev–Trinajstić information content (AvgIpc) is 2.25. The van der Waals surface area contributed by atoms with E-state index < -0.39 is 10.9 Å². The summed E-state index contributed by atoms with van der Waals surface area (Å²) in [5.74, 6) is -0.908. The third-order valence-electron chi connectivity index (χ3n) is 2.21. The molecule has 0 aromatic heterocycles. The number of carboxylic acid groups (broad SMARTS) is 1. The van der Waals surface area contributed by atoms with E-state index >= 15 is 0 Å². The van der Waals surface area contributed by atoms with Crippen molar-refractivity contribution >= 4 is 28.9 Å². The smallest absolute Gasteiger partial charge is 0.305 e. The molecule has 7 heteroatoms. The number of nitro benzene ring substituents is 1. The second-order valence-electron chi connectivity index (χ2n) is 3.46. The summed E-state index contributed by atoms with van der Waals surface area (Å²) < 4.78 is 0. The molecule has 1 aromatic carbocycles. The zero-order valence-electron chi connectivity index (χ0n) is 9.09. The van der Waals surface area contributed by atoms with Crippen molar-refractivity contribution in [2.75, 3.05) is 18.5 Å². The highest BCUT2D eigenvalue weighted by atomic mass is 35.5. The van der Waals surface area contributed by atoms with Crippen molar-refractivity contribution in [3.8, 4) is 0 Å². The Morgan fingerprint density at radius 2 is 2.24 bits per heavy atom. The van der Waals surface area contributed by atoms with Gasteiger partial charge in [0.25, 0.3) is 5.69 Å². The molecule has 0 atom stereocenters. The fourth-order valence-electron chi connectivity index (χ4n) is 1.30. The van der Waals surface area contributed by atoms with E-state index in [1.807, 2.05) is 0 Å². The van der Waals surface area contributed by atoms with Crippen LogP contribution >= 0.6 is 11.6 Å². The molecule has 6 nitrogen and oxygen atoms in total. The third-order valence-corrected chi connectivity index (χ3v) is 2.52. The lowest BCUT2D eigenvalue weighted by atomic mass is 10.2. The molecule has 17 heavy (non-hydrogen) atoms. The van der Waals surface area contributed by atoms with Gasteiger partial charge in [-0.1, -0.05) is 11.6 Å². The van der Waals surface area contributed by atoms with Gasteiger partial charge in [0.05, 0.1) is 22.1 Å². The Bertz CT molecular complexity index is 450. The summed E-state index contributed by atoms with van der Waals surface area (Å²) in [6, 6.07) is 4.08. The minimum absolute atomic E-state index is 0.0240. The van der Waals surface area contributed by atoms with Crippen molar-refractivity contribution in [2.45, 2.75) is 6.42 Å². The lowest BCUT2D eigenvalue weighted by Gasteiger charge is -2.19. The lowest BCUT2D eigenvalue weighted by molar-refractivity contribution is -0.384. The van der Waals surface area contributed by atoms with Crippen LogP contribution in [0.3, 0.4) is 0 Å². The van der Waals surface area contributed by atoms with Gasteiger partial charge in [0, 0.05) is 25.7 Å². The quantitative estimate of drug-likeness (QED) is 0.646. The van der Waals surface area contributed by atoms with Gasteiger partial charge in [-0.2, -0.15) is 0 Å². The number of hydrogen-bond donors (Lipinski definition) is 1. The molecule has 0 aliphatic heterocycles. The van der Waals surface area contributed by atoms with Crippen LogP contribution in [0.5, 0.6) is 0 Å². The van der Waals surface area contributed by atoms with E-state index in [0.29, 0.717) is 5.69 Å². The van der Waals surface area contributed by atoms with Gasteiger partial charge in [0.2, 0.25) is 0 Å². The molecular formula is C10H11ClN2O4. The van der Waals surface area contributed by atoms with E-state index in [-0.39, 0.29) is 23.7 Å². The first-order valence-corrected chi connectivity index (χ1v) is 5.16. The zero-order valence-corrected chi connectivity index (χ0v) is 9.85. The fourth-order valence-corrected chi connectivity index (χ4v) is 1.62. The van der Waals surface area contributed by atoms with Gasteiger partial charge in [-0.15, -0.1) is 0 Å². The minimum atomic E-state index is -0.908. The van der Waals surface area contributed by atoms with Gasteiger partial charge in [0.1, 0.15) is 0 Å². The summed E-state index contributed by atoms with van der Waals surface area (Å²) in [4.78, 5) is 22.0. The summed E-state index contributed by atoms with van der Waals surface area (Å²) in [5, 5.41) is 19.3. The van der Waals surface area contributed by atoms with Crippen molar-refractivity contribution in [2.24, 2.45) is 0 Å². The summed E-state index contributed by atoms with van der Waals surface area (Å²) >= 11 is 5.89. The monoisotopic (exact) mass is 258 g/mol. The van der Waals surface area contributed by atoms with Gasteiger partial charge in [-0.3, -0.25) is 14.9 Å². The Morgan fingerprint density at radius 1 is 1.59 bits per heavy atom. The number of hydrogen-bond acceptors (Lipinski definition) is 4. The summed E-state index contributed by atoms with van der Waals surface area (Å²) in [5.41, 5.74) is 0.476. The number of anilines is 1. The molecule has 0 fully saturated rings. The van der Waals surface area contributed by atoms with Crippen molar-refractivity contribution in [1.82, 2.24) is 0 Å². The molecule has 1 rings (SSSR count). The number of aliphatic carboxylic acids is 1. The van der Waals surface area contributed by atoms with Gasteiger partial charge >= 0.3 is 5.97 Å². The van der Waals surface area contributed by atoms with Crippen molar-refractivity contribution in [3.63, 3.8) is 0 Å². The molecule has 0 saturated carbocycles. The Balaban J connectivity index is 2.84. The highest BCUT2D eigenvalue weighted by Crippen LogP contribution is 2.29. The van der Waals surface area contributed by atoms with E-state index in [1.165, 1.54) is 18.2 Å². The topological polar surface area (TPSA) is 83.7 Å². The number of non-ortho nitro benzene ring substituents is 1. The second kappa shape index (κ2) is 5.49. The molecule has 0 spiro atoms. The molecule has 0 radical (unpaired) electrons. The average molecular weight is 259 g/mol. The van der Waals surface area contributed by atoms with Crippen LogP contribution in [-0.2, 0) is 4.79 Å². The molecule has 0 aliphatic carbocycles. The van der Waals surface area contributed by atoms with Crippen molar-refractivity contribution in [1.29, 1.82) is 0 Å². The lowest BCUT2D eigenvalue weighted by Crippen LogP contribution is -2.21. The van der Waals surface area contributed by atoms with E-state index in [4.69, 9.17) is 16.7 Å². The van der Waals surface area contributed by atoms with Gasteiger partial charge in [-0.05, 0) is 6.07 Å². The van der Waals surface area contributed by atoms with E-state index in [9.17, 15) is 14.9 Å². The van der Waals surface area contributed by atoms with Gasteiger partial charge < -0.3 is 10.0 Å². The maximum Gasteiger partial charge on any atom is 0.305 e. The number of halogens is 1. The van der Waals surface area contributed by atoms with E-state index in [2.05, 4.69) is 0 Å². The Hall–Kier alpha value is -1.82. The molecule has 0 bridgehead atoms. The number of nitro groups is 1. The number of nitrogens with zero attached hydrogens (tertiary/aromatic N) is 2. The van der Waals surface area contributed by atoms with Crippen molar-refractivity contribution < 1.29 is 14.8 Å². The Morgan fingerprint density at radius 3 is 2.71 bits per heavy atom. The third kappa shape index (κ3) is 3.60. The predicted octanol–water partition coefficient (Wildman–Crippen LogP) is 2.16. The SMILES string of the molecule is CN(CCC(=O)O)c1ccc([N+](=O)[O-])cc1Cl. The Kier molecular flexibility index (Phi) is 4.28. The normalized spacial score (nSPS) is 10.0. The number of carboxylic acids is 1. The first-order chi connectivity index (χ1) is 7.91. The zero-order chi connectivity index (χ0) is 13.0. The molecule has 0 saturated heterocycles. The molecule has 0 amide bonds. The Labute approximate surface area is 103 Å². The number of benzene rings is 1. The standard InChI is InChI=1S/C10H11ClN2O4/c1-12(5-4-10(14)15)9-3-2-7(13(16)17)6-8(9)11/h2-3,6H,4-5H2,1H3,(H,14,15). The number of carbonyl (C=O) groups is 1. The second-order valence-corrected chi connectivity index (χ2v) is 3.87. The maximum absolute atomic E-state index is 10.5. The first kappa shape index (κ1) is 13.2. The van der Waals surface area contributed by atoms with Crippen LogP contribution in [0.1, 0.15) is 6.42 Å². The largest absolute Gasteiger partial charge is 0.481 e. The molecule has 92 valence electrons. The molecular weight excluding hydrogens is 248 g/mol. The first-order valence-electron chi connectivity index (χ1n) is 4.78. The highest BCUT2D eigenvalue weighted by Gasteiger charge is 2.12. The molecule has 0 unspecified atom stereocenters. The van der Waals surface area contributed by atoms with E-state index in [0.717, 1.165) is 0 Å². The van der Waals surface area contributed by atoms with Crippen LogP contribution < -0.4 is 4.90 Å². The minimum Gasteiger partial charge on any atom is -0.481 e. The van der Waals surface area contributed by atoms with E-state index in [1.54, 1.807) is 11.9 Å². The molecule has 0 aliphatic rings. The number of rotatable bonds is 5. The fraction of sp³-hybridized carbons (Fsp3) is 0.300. The summed E-state index contributed by atoms with van der Waals surface area (Å²) in [6.45, 7) is 0.285. The molecule has 1 N–H and O–H groups in total. The van der Waals surface area contributed by atoms with Crippen molar-refractivity contribution in [3.05, 3.63) is 33.3 Å². The van der Waals surface area contributed by atoms with Gasteiger partial charge in [0.15, 0.2) is 0 Å². The predicted molar refractivity (Wildman–Crippen MR) is 63.6 cm³/mol. The molecule has 0 heterocycles. The summed E-state index contributed by atoms with van der Waals surface area (Å²) in [6.07, 6.45) is -0.0240. The van der Waals surface area contributed by atoms with Crippen LogP contribution in [0, 0.1) is 10.1 Å². The van der Waals surface area contributed by atoms with Gasteiger partial charge in [-0.25, -0.2) is 0 Å². The van der Waals surface area contributed by atoms with Crippen LogP contribution in [0.15, 0.2) is 18.2 Å². The van der Waals surface area contributed by atoms with Crippen LogP contribution in [0.4, 0.5) is 11.4 Å².